The second kappa shape index (κ2) is 8.10. The molecule has 0 spiro atoms. The quantitative estimate of drug-likeness (QED) is 0.760. The molecular formula is C20H23N5S. The van der Waals surface area contributed by atoms with Crippen LogP contribution in [-0.2, 0) is 7.05 Å². The van der Waals surface area contributed by atoms with Crippen molar-refractivity contribution in [3.8, 4) is 0 Å². The van der Waals surface area contributed by atoms with E-state index in [0.717, 1.165) is 26.7 Å². The van der Waals surface area contributed by atoms with E-state index in [1.54, 1.807) is 4.68 Å². The van der Waals surface area contributed by atoms with Crippen molar-refractivity contribution in [2.75, 3.05) is 11.9 Å². The van der Waals surface area contributed by atoms with Crippen molar-refractivity contribution in [3.05, 3.63) is 69.1 Å². The van der Waals surface area contributed by atoms with Crippen LogP contribution in [0.15, 0.2) is 58.5 Å². The molecule has 0 saturated carbocycles. The minimum Gasteiger partial charge on any atom is -0.336 e. The number of aromatic nitrogens is 2. The summed E-state index contributed by atoms with van der Waals surface area (Å²) in [7, 11) is 1.90. The van der Waals surface area contributed by atoms with Crippen LogP contribution >= 0.6 is 11.3 Å². The Morgan fingerprint density at radius 1 is 1.00 bits per heavy atom. The van der Waals surface area contributed by atoms with Crippen LogP contribution in [0.2, 0.25) is 0 Å². The molecule has 0 aliphatic heterocycles. The largest absolute Gasteiger partial charge is 0.336 e. The lowest BCUT2D eigenvalue weighted by Crippen LogP contribution is -2.25. The maximum absolute atomic E-state index is 4.80. The van der Waals surface area contributed by atoms with Crippen LogP contribution in [-0.4, -0.2) is 16.3 Å². The summed E-state index contributed by atoms with van der Waals surface area (Å²) in [4.78, 5) is 10.2. The Bertz CT molecular complexity index is 1010. The smallest absolute Gasteiger partial charge is 0.203 e. The third kappa shape index (κ3) is 4.46. The van der Waals surface area contributed by atoms with Crippen molar-refractivity contribution in [3.63, 3.8) is 0 Å². The lowest BCUT2D eigenvalue weighted by molar-refractivity contribution is 0.705. The summed E-state index contributed by atoms with van der Waals surface area (Å²) >= 11 is 1.53. The van der Waals surface area contributed by atoms with E-state index in [1.165, 1.54) is 22.5 Å². The summed E-state index contributed by atoms with van der Waals surface area (Å²) in [6.45, 7) is 6.87. The molecular weight excluding hydrogens is 342 g/mol. The maximum Gasteiger partial charge on any atom is 0.203 e. The van der Waals surface area contributed by atoms with E-state index in [9.17, 15) is 0 Å². The van der Waals surface area contributed by atoms with E-state index in [0.29, 0.717) is 6.54 Å². The number of benzene rings is 2. The SMILES string of the molecule is CCN=c1sc(=Nc2ccc(C)cc2)c(Nc2ccc(C)cc2)nn1C. The summed E-state index contributed by atoms with van der Waals surface area (Å²) in [5.41, 5.74) is 4.32. The molecule has 0 bridgehead atoms. The van der Waals surface area contributed by atoms with Crippen molar-refractivity contribution < 1.29 is 0 Å². The molecule has 0 fully saturated rings. The zero-order chi connectivity index (χ0) is 18.5. The van der Waals surface area contributed by atoms with Crippen LogP contribution in [0.1, 0.15) is 18.1 Å². The Morgan fingerprint density at radius 3 is 2.23 bits per heavy atom. The standard InChI is InChI=1S/C20H23N5S/c1-5-21-20-25(4)24-18(22-16-10-6-14(2)7-11-16)19(26-20)23-17-12-8-15(3)9-13-17/h6-13H,5H2,1-4H3,(H,22,24). The monoisotopic (exact) mass is 365 g/mol. The van der Waals surface area contributed by atoms with Gasteiger partial charge in [-0.05, 0) is 45.0 Å². The minimum absolute atomic E-state index is 0.709. The molecule has 0 atom stereocenters. The Morgan fingerprint density at radius 2 is 1.62 bits per heavy atom. The van der Waals surface area contributed by atoms with Gasteiger partial charge in [-0.1, -0.05) is 46.7 Å². The predicted octanol–water partition coefficient (Wildman–Crippen LogP) is 4.00. The topological polar surface area (TPSA) is 54.6 Å². The molecule has 0 saturated heterocycles. The van der Waals surface area contributed by atoms with Crippen LogP contribution in [0.4, 0.5) is 17.2 Å². The zero-order valence-corrected chi connectivity index (χ0v) is 16.3. The molecule has 6 heteroatoms. The second-order valence-electron chi connectivity index (χ2n) is 6.07. The molecule has 1 aromatic heterocycles. The first kappa shape index (κ1) is 18.1. The highest BCUT2D eigenvalue weighted by molar-refractivity contribution is 7.06. The van der Waals surface area contributed by atoms with Crippen LogP contribution < -0.4 is 14.8 Å². The van der Waals surface area contributed by atoms with E-state index in [-0.39, 0.29) is 0 Å². The minimum atomic E-state index is 0.709. The van der Waals surface area contributed by atoms with Crippen molar-refractivity contribution >= 4 is 28.5 Å². The van der Waals surface area contributed by atoms with Gasteiger partial charge in [-0.15, -0.1) is 5.10 Å². The molecule has 5 nitrogen and oxygen atoms in total. The van der Waals surface area contributed by atoms with E-state index in [2.05, 4.69) is 53.5 Å². The number of rotatable bonds is 4. The Hall–Kier alpha value is -2.73. The fourth-order valence-corrected chi connectivity index (χ4v) is 3.25. The number of nitrogens with zero attached hydrogens (tertiary/aromatic N) is 4. The molecule has 134 valence electrons. The fourth-order valence-electron chi connectivity index (χ4n) is 2.37. The van der Waals surface area contributed by atoms with Crippen molar-refractivity contribution in [2.24, 2.45) is 17.0 Å². The van der Waals surface area contributed by atoms with Gasteiger partial charge in [0.1, 0.15) is 0 Å². The number of aryl methyl sites for hydroxylation is 3. The molecule has 0 aliphatic carbocycles. The molecule has 1 N–H and O–H groups in total. The summed E-state index contributed by atoms with van der Waals surface area (Å²) in [5.74, 6) is 0.719. The molecule has 0 amide bonds. The van der Waals surface area contributed by atoms with E-state index in [1.807, 2.05) is 38.2 Å². The predicted molar refractivity (Wildman–Crippen MR) is 108 cm³/mol. The summed E-state index contributed by atoms with van der Waals surface area (Å²) in [5, 5.41) is 8.04. The summed E-state index contributed by atoms with van der Waals surface area (Å²) in [6, 6.07) is 16.4. The van der Waals surface area contributed by atoms with Crippen LogP contribution in [0.5, 0.6) is 0 Å². The molecule has 1 heterocycles. The summed E-state index contributed by atoms with van der Waals surface area (Å²) < 4.78 is 2.60. The van der Waals surface area contributed by atoms with Crippen LogP contribution in [0, 0.1) is 13.8 Å². The Kier molecular flexibility index (Phi) is 5.63. The van der Waals surface area contributed by atoms with Crippen LogP contribution in [0.25, 0.3) is 0 Å². The van der Waals surface area contributed by atoms with Gasteiger partial charge in [0.2, 0.25) is 4.80 Å². The maximum atomic E-state index is 4.80. The highest BCUT2D eigenvalue weighted by Crippen LogP contribution is 2.15. The zero-order valence-electron chi connectivity index (χ0n) is 15.5. The highest BCUT2D eigenvalue weighted by Gasteiger charge is 2.04. The average Bonchev–Trinajstić information content (AvgIpc) is 2.63. The molecule has 2 aromatic carbocycles. The fraction of sp³-hybridized carbons (Fsp3) is 0.250. The molecule has 0 unspecified atom stereocenters. The van der Waals surface area contributed by atoms with Crippen molar-refractivity contribution in [1.82, 2.24) is 9.78 Å². The second-order valence-corrected chi connectivity index (χ2v) is 7.03. The molecule has 0 radical (unpaired) electrons. The van der Waals surface area contributed by atoms with Gasteiger partial charge in [0.05, 0.1) is 5.69 Å². The number of nitrogens with one attached hydrogen (secondary N) is 1. The van der Waals surface area contributed by atoms with Gasteiger partial charge in [-0.3, -0.25) is 4.99 Å². The highest BCUT2D eigenvalue weighted by atomic mass is 32.1. The van der Waals surface area contributed by atoms with Gasteiger partial charge in [-0.25, -0.2) is 9.67 Å². The summed E-state index contributed by atoms with van der Waals surface area (Å²) in [6.07, 6.45) is 0. The Balaban J connectivity index is 2.12. The number of hydrogen-bond acceptors (Lipinski definition) is 5. The molecule has 3 aromatic rings. The van der Waals surface area contributed by atoms with Gasteiger partial charge in [0.25, 0.3) is 0 Å². The first-order valence-electron chi connectivity index (χ1n) is 8.59. The third-order valence-electron chi connectivity index (χ3n) is 3.79. The van der Waals surface area contributed by atoms with Gasteiger partial charge in [0, 0.05) is 19.3 Å². The average molecular weight is 366 g/mol. The normalized spacial score (nSPS) is 12.5. The van der Waals surface area contributed by atoms with Crippen molar-refractivity contribution in [1.29, 1.82) is 0 Å². The lowest BCUT2D eigenvalue weighted by atomic mass is 10.2. The number of hydrogen-bond donors (Lipinski definition) is 1. The third-order valence-corrected chi connectivity index (χ3v) is 4.84. The number of anilines is 2. The van der Waals surface area contributed by atoms with Gasteiger partial charge >= 0.3 is 0 Å². The lowest BCUT2D eigenvalue weighted by Gasteiger charge is -2.08. The van der Waals surface area contributed by atoms with Gasteiger partial charge < -0.3 is 5.32 Å². The van der Waals surface area contributed by atoms with Crippen molar-refractivity contribution in [2.45, 2.75) is 20.8 Å². The Labute approximate surface area is 157 Å². The van der Waals surface area contributed by atoms with E-state index >= 15 is 0 Å². The first-order chi connectivity index (χ1) is 12.5. The molecule has 0 aliphatic rings. The van der Waals surface area contributed by atoms with Crippen LogP contribution in [0.3, 0.4) is 0 Å². The van der Waals surface area contributed by atoms with Gasteiger partial charge in [0.15, 0.2) is 10.5 Å². The van der Waals surface area contributed by atoms with E-state index < -0.39 is 0 Å². The van der Waals surface area contributed by atoms with E-state index in [4.69, 9.17) is 4.99 Å². The molecule has 26 heavy (non-hydrogen) atoms. The first-order valence-corrected chi connectivity index (χ1v) is 9.41. The van der Waals surface area contributed by atoms with Gasteiger partial charge in [-0.2, -0.15) is 0 Å². The molecule has 3 rings (SSSR count).